The topological polar surface area (TPSA) is 76.2 Å². The van der Waals surface area contributed by atoms with E-state index in [9.17, 15) is 9.18 Å². The third-order valence-electron chi connectivity index (χ3n) is 3.96. The Bertz CT molecular complexity index is 938. The minimum atomic E-state index is -0.360. The number of rotatable bonds is 3. The first-order chi connectivity index (χ1) is 12.2. The van der Waals surface area contributed by atoms with Crippen molar-refractivity contribution in [3.8, 4) is 11.5 Å². The molecular formula is C18H16FN3O3. The molecule has 0 bridgehead atoms. The van der Waals surface area contributed by atoms with E-state index >= 15 is 0 Å². The molecule has 0 aliphatic carbocycles. The molecule has 6 nitrogen and oxygen atoms in total. The minimum Gasteiger partial charge on any atom is -0.490 e. The lowest BCUT2D eigenvalue weighted by Crippen LogP contribution is -2.15. The van der Waals surface area contributed by atoms with Gasteiger partial charge in [-0.25, -0.2) is 4.39 Å². The molecule has 3 aromatic rings. The van der Waals surface area contributed by atoms with Gasteiger partial charge >= 0.3 is 0 Å². The number of carbonyl (C=O) groups excluding carboxylic acids is 1. The fourth-order valence-electron chi connectivity index (χ4n) is 2.77. The van der Waals surface area contributed by atoms with E-state index in [0.29, 0.717) is 41.4 Å². The molecule has 7 heteroatoms. The molecular weight excluding hydrogens is 325 g/mol. The monoisotopic (exact) mass is 341 g/mol. The smallest absolute Gasteiger partial charge is 0.230 e. The van der Waals surface area contributed by atoms with E-state index in [2.05, 4.69) is 15.5 Å². The summed E-state index contributed by atoms with van der Waals surface area (Å²) >= 11 is 0. The van der Waals surface area contributed by atoms with Crippen LogP contribution in [-0.2, 0) is 11.2 Å². The fraction of sp³-hybridized carbons (Fsp3) is 0.222. The van der Waals surface area contributed by atoms with Gasteiger partial charge in [0.1, 0.15) is 5.82 Å². The molecule has 1 aliphatic heterocycles. The van der Waals surface area contributed by atoms with Crippen LogP contribution in [0.3, 0.4) is 0 Å². The Kier molecular flexibility index (Phi) is 3.97. The Hall–Kier alpha value is -3.09. The first kappa shape index (κ1) is 15.4. The molecule has 4 rings (SSSR count). The number of benzene rings is 2. The maximum Gasteiger partial charge on any atom is 0.230 e. The molecule has 0 saturated heterocycles. The second-order valence-electron chi connectivity index (χ2n) is 5.82. The fourth-order valence-corrected chi connectivity index (χ4v) is 2.77. The Balaban J connectivity index is 1.49. The van der Waals surface area contributed by atoms with Crippen LogP contribution in [-0.4, -0.2) is 29.3 Å². The van der Waals surface area contributed by atoms with Gasteiger partial charge in [0.25, 0.3) is 0 Å². The molecule has 2 aromatic carbocycles. The number of hydrogen-bond donors (Lipinski definition) is 2. The number of H-pyrrole nitrogens is 1. The summed E-state index contributed by atoms with van der Waals surface area (Å²) in [5, 5.41) is 10.1. The second-order valence-corrected chi connectivity index (χ2v) is 5.82. The van der Waals surface area contributed by atoms with Gasteiger partial charge in [-0.1, -0.05) is 6.07 Å². The van der Waals surface area contributed by atoms with Gasteiger partial charge in [-0.2, -0.15) is 5.10 Å². The second kappa shape index (κ2) is 6.43. The summed E-state index contributed by atoms with van der Waals surface area (Å²) in [6, 6.07) is 9.72. The molecule has 0 spiro atoms. The number of aromatic amines is 1. The van der Waals surface area contributed by atoms with Crippen LogP contribution in [0.1, 0.15) is 12.0 Å². The summed E-state index contributed by atoms with van der Waals surface area (Å²) in [7, 11) is 0. The number of halogens is 1. The minimum absolute atomic E-state index is 0.173. The molecule has 128 valence electrons. The molecule has 0 unspecified atom stereocenters. The van der Waals surface area contributed by atoms with Crippen LogP contribution < -0.4 is 14.8 Å². The number of fused-ring (bicyclic) bond motifs is 2. The van der Waals surface area contributed by atoms with Crippen LogP contribution in [0.15, 0.2) is 36.4 Å². The van der Waals surface area contributed by atoms with Gasteiger partial charge in [-0.05, 0) is 35.9 Å². The summed E-state index contributed by atoms with van der Waals surface area (Å²) < 4.78 is 24.4. The zero-order chi connectivity index (χ0) is 17.2. The van der Waals surface area contributed by atoms with Crippen LogP contribution in [0.25, 0.3) is 10.9 Å². The lowest BCUT2D eigenvalue weighted by atomic mass is 10.1. The summed E-state index contributed by atoms with van der Waals surface area (Å²) in [6.45, 7) is 1.22. The molecule has 1 amide bonds. The third-order valence-corrected chi connectivity index (χ3v) is 3.96. The van der Waals surface area contributed by atoms with E-state index in [4.69, 9.17) is 9.47 Å². The number of nitrogens with one attached hydrogen (secondary N) is 2. The highest BCUT2D eigenvalue weighted by Crippen LogP contribution is 2.30. The molecule has 0 radical (unpaired) electrons. The first-order valence-corrected chi connectivity index (χ1v) is 8.01. The summed E-state index contributed by atoms with van der Waals surface area (Å²) in [5.74, 6) is 1.16. The van der Waals surface area contributed by atoms with E-state index < -0.39 is 0 Å². The molecule has 1 aromatic heterocycles. The van der Waals surface area contributed by atoms with Gasteiger partial charge in [-0.15, -0.1) is 0 Å². The predicted octanol–water partition coefficient (Wildman–Crippen LogP) is 3.04. The van der Waals surface area contributed by atoms with Gasteiger partial charge in [-0.3, -0.25) is 9.89 Å². The quantitative estimate of drug-likeness (QED) is 0.768. The molecule has 1 aliphatic rings. The number of anilines is 1. The summed E-state index contributed by atoms with van der Waals surface area (Å²) in [6.07, 6.45) is 1.00. The van der Waals surface area contributed by atoms with Crippen molar-refractivity contribution in [1.82, 2.24) is 10.2 Å². The van der Waals surface area contributed by atoms with Gasteiger partial charge in [0.2, 0.25) is 5.91 Å². The van der Waals surface area contributed by atoms with Gasteiger partial charge in [0, 0.05) is 11.8 Å². The van der Waals surface area contributed by atoms with Crippen molar-refractivity contribution in [3.05, 3.63) is 47.8 Å². The van der Waals surface area contributed by atoms with E-state index in [1.54, 1.807) is 6.07 Å². The Morgan fingerprint density at radius 2 is 2.00 bits per heavy atom. The highest BCUT2D eigenvalue weighted by molar-refractivity contribution is 6.00. The summed E-state index contributed by atoms with van der Waals surface area (Å²) in [5.41, 5.74) is 1.35. The Morgan fingerprint density at radius 1 is 1.16 bits per heavy atom. The van der Waals surface area contributed by atoms with E-state index in [1.807, 2.05) is 18.2 Å². The van der Waals surface area contributed by atoms with E-state index in [0.717, 1.165) is 12.0 Å². The van der Waals surface area contributed by atoms with Crippen molar-refractivity contribution in [2.24, 2.45) is 0 Å². The van der Waals surface area contributed by atoms with E-state index in [-0.39, 0.29) is 18.1 Å². The van der Waals surface area contributed by atoms with Gasteiger partial charge in [0.15, 0.2) is 17.3 Å². The highest BCUT2D eigenvalue weighted by atomic mass is 19.1. The van der Waals surface area contributed by atoms with Crippen molar-refractivity contribution in [2.75, 3.05) is 18.5 Å². The van der Waals surface area contributed by atoms with Gasteiger partial charge < -0.3 is 14.8 Å². The Morgan fingerprint density at radius 3 is 2.88 bits per heavy atom. The maximum absolute atomic E-state index is 13.2. The average molecular weight is 341 g/mol. The first-order valence-electron chi connectivity index (χ1n) is 8.01. The van der Waals surface area contributed by atoms with Gasteiger partial charge in [0.05, 0.1) is 25.2 Å². The third kappa shape index (κ3) is 3.26. The molecule has 25 heavy (non-hydrogen) atoms. The van der Waals surface area contributed by atoms with Crippen LogP contribution in [0.5, 0.6) is 11.5 Å². The molecule has 0 fully saturated rings. The average Bonchev–Trinajstić information content (AvgIpc) is 2.83. The number of nitrogens with zero attached hydrogens (tertiary/aromatic N) is 1. The largest absolute Gasteiger partial charge is 0.490 e. The van der Waals surface area contributed by atoms with Crippen molar-refractivity contribution >= 4 is 22.6 Å². The number of amides is 1. The van der Waals surface area contributed by atoms with Crippen molar-refractivity contribution in [2.45, 2.75) is 12.8 Å². The Labute approximate surface area is 142 Å². The van der Waals surface area contributed by atoms with Crippen LogP contribution in [0, 0.1) is 5.82 Å². The highest BCUT2D eigenvalue weighted by Gasteiger charge is 2.14. The lowest BCUT2D eigenvalue weighted by molar-refractivity contribution is -0.115. The van der Waals surface area contributed by atoms with E-state index in [1.165, 1.54) is 12.1 Å². The maximum atomic E-state index is 13.2. The molecule has 2 N–H and O–H groups in total. The van der Waals surface area contributed by atoms with Crippen LogP contribution in [0.4, 0.5) is 10.2 Å². The zero-order valence-corrected chi connectivity index (χ0v) is 13.3. The molecule has 2 heterocycles. The molecule has 0 atom stereocenters. The van der Waals surface area contributed by atoms with Crippen LogP contribution >= 0.6 is 0 Å². The molecule has 0 saturated carbocycles. The summed E-state index contributed by atoms with van der Waals surface area (Å²) in [4.78, 5) is 12.3. The standard InChI is InChI=1S/C18H16FN3O3/c19-12-3-4-13-14(10-12)21-22-18(13)20-17(23)9-11-2-5-15-16(8-11)25-7-1-6-24-15/h2-5,8,10H,1,6-7,9H2,(H2,20,21,22,23). The SMILES string of the molecule is O=C(Cc1ccc2c(c1)OCCCO2)Nc1n[nH]c2cc(F)ccc12. The number of carbonyl (C=O) groups is 1. The number of hydrogen-bond acceptors (Lipinski definition) is 4. The number of aromatic nitrogens is 2. The van der Waals surface area contributed by atoms with Crippen molar-refractivity contribution < 1.29 is 18.7 Å². The predicted molar refractivity (Wildman–Crippen MR) is 90.4 cm³/mol. The number of ether oxygens (including phenoxy) is 2. The van der Waals surface area contributed by atoms with Crippen LogP contribution in [0.2, 0.25) is 0 Å². The van der Waals surface area contributed by atoms with Crippen molar-refractivity contribution in [3.63, 3.8) is 0 Å². The normalized spacial score (nSPS) is 13.5. The zero-order valence-electron chi connectivity index (χ0n) is 13.3. The lowest BCUT2D eigenvalue weighted by Gasteiger charge is -2.09. The van der Waals surface area contributed by atoms with Crippen molar-refractivity contribution in [1.29, 1.82) is 0 Å².